The Hall–Kier alpha value is -3.65. The summed E-state index contributed by atoms with van der Waals surface area (Å²) in [6.07, 6.45) is 1.57. The topological polar surface area (TPSA) is 93.6 Å². The third kappa shape index (κ3) is 3.90. The Bertz CT molecular complexity index is 1260. The number of amides is 1. The van der Waals surface area contributed by atoms with Crippen molar-refractivity contribution in [2.45, 2.75) is 23.5 Å². The highest BCUT2D eigenvalue weighted by Gasteiger charge is 2.27. The molecule has 4 rings (SSSR count). The Morgan fingerprint density at radius 3 is 2.37 bits per heavy atom. The lowest BCUT2D eigenvalue weighted by molar-refractivity contribution is 0.0950. The lowest BCUT2D eigenvalue weighted by Gasteiger charge is -2.19. The van der Waals surface area contributed by atoms with Crippen molar-refractivity contribution in [3.63, 3.8) is 0 Å². The molecular weight excluding hydrogens is 404 g/mol. The predicted molar refractivity (Wildman–Crippen MR) is 109 cm³/mol. The molecule has 0 saturated carbocycles. The number of anilines is 1. The van der Waals surface area contributed by atoms with Gasteiger partial charge in [-0.3, -0.25) is 9.69 Å². The lowest BCUT2D eigenvalue weighted by atomic mass is 10.3. The largest absolute Gasteiger partial charge is 0.464 e. The molecule has 0 unspecified atom stereocenters. The summed E-state index contributed by atoms with van der Waals surface area (Å²) < 4.78 is 36.6. The number of hydrogen-bond acceptors (Lipinski definition) is 6. The van der Waals surface area contributed by atoms with E-state index in [9.17, 15) is 13.2 Å². The average Bonchev–Trinajstić information content (AvgIpc) is 3.42. The zero-order chi connectivity index (χ0) is 21.1. The summed E-state index contributed by atoms with van der Waals surface area (Å²) in [6.45, 7) is 1.93. The van der Waals surface area contributed by atoms with Gasteiger partial charge >= 0.3 is 0 Å². The SMILES string of the molecule is Cc1ccc(CN(C(=O)c2ccc(S(=O)(=O)c3ccccc3)o2)c2ccccn2)o1. The molecule has 152 valence electrons. The fourth-order valence-electron chi connectivity index (χ4n) is 2.92. The van der Waals surface area contributed by atoms with Crippen LogP contribution in [-0.2, 0) is 16.4 Å². The summed E-state index contributed by atoms with van der Waals surface area (Å²) in [6, 6.07) is 19.3. The third-order valence-electron chi connectivity index (χ3n) is 4.39. The maximum absolute atomic E-state index is 13.2. The van der Waals surface area contributed by atoms with Gasteiger partial charge in [0, 0.05) is 6.20 Å². The quantitative estimate of drug-likeness (QED) is 0.461. The monoisotopic (exact) mass is 422 g/mol. The van der Waals surface area contributed by atoms with Crippen molar-refractivity contribution in [1.29, 1.82) is 0 Å². The number of hydrogen-bond donors (Lipinski definition) is 0. The van der Waals surface area contributed by atoms with Crippen LogP contribution in [-0.4, -0.2) is 19.3 Å². The van der Waals surface area contributed by atoms with Gasteiger partial charge in [-0.05, 0) is 55.5 Å². The minimum atomic E-state index is -3.87. The smallest absolute Gasteiger partial charge is 0.295 e. The molecule has 4 aromatic rings. The van der Waals surface area contributed by atoms with Crippen molar-refractivity contribution < 1.29 is 22.0 Å². The Labute approximate surface area is 173 Å². The second-order valence-corrected chi connectivity index (χ2v) is 8.41. The number of nitrogens with zero attached hydrogens (tertiary/aromatic N) is 2. The molecule has 0 N–H and O–H groups in total. The molecule has 1 amide bonds. The van der Waals surface area contributed by atoms with Gasteiger partial charge in [-0.2, -0.15) is 0 Å². The molecule has 30 heavy (non-hydrogen) atoms. The number of carbonyl (C=O) groups excluding carboxylic acids is 1. The fraction of sp³-hybridized carbons (Fsp3) is 0.0909. The van der Waals surface area contributed by atoms with Crippen LogP contribution in [0.15, 0.2) is 97.8 Å². The highest BCUT2D eigenvalue weighted by atomic mass is 32.2. The fourth-order valence-corrected chi connectivity index (χ4v) is 4.12. The molecule has 0 bridgehead atoms. The van der Waals surface area contributed by atoms with E-state index in [1.54, 1.807) is 54.7 Å². The Balaban J connectivity index is 1.67. The number of furan rings is 2. The molecule has 3 aromatic heterocycles. The Morgan fingerprint density at radius 1 is 0.933 bits per heavy atom. The molecule has 0 saturated heterocycles. The molecule has 0 aliphatic rings. The van der Waals surface area contributed by atoms with Crippen molar-refractivity contribution in [2.75, 3.05) is 4.90 Å². The second kappa shape index (κ2) is 8.00. The maximum atomic E-state index is 13.2. The van der Waals surface area contributed by atoms with E-state index in [1.807, 2.05) is 6.92 Å². The van der Waals surface area contributed by atoms with E-state index in [0.29, 0.717) is 17.3 Å². The van der Waals surface area contributed by atoms with Gasteiger partial charge in [-0.25, -0.2) is 13.4 Å². The van der Waals surface area contributed by atoms with Crippen LogP contribution in [0.2, 0.25) is 0 Å². The molecule has 1 aromatic carbocycles. The van der Waals surface area contributed by atoms with Crippen LogP contribution in [0.5, 0.6) is 0 Å². The highest BCUT2D eigenvalue weighted by Crippen LogP contribution is 2.25. The van der Waals surface area contributed by atoms with Crippen LogP contribution in [0.4, 0.5) is 5.82 Å². The van der Waals surface area contributed by atoms with Gasteiger partial charge in [0.1, 0.15) is 17.3 Å². The summed E-state index contributed by atoms with van der Waals surface area (Å²) in [7, 11) is -3.87. The number of aromatic nitrogens is 1. The zero-order valence-electron chi connectivity index (χ0n) is 16.1. The number of rotatable bonds is 6. The van der Waals surface area contributed by atoms with Crippen molar-refractivity contribution in [1.82, 2.24) is 4.98 Å². The van der Waals surface area contributed by atoms with Gasteiger partial charge in [0.25, 0.3) is 5.91 Å². The standard InChI is InChI=1S/C22H18N2O5S/c1-16-10-11-17(28-16)15-24(20-9-5-6-14-23-20)22(25)19-12-13-21(29-19)30(26,27)18-7-3-2-4-8-18/h2-14H,15H2,1H3. The number of pyridine rings is 1. The van der Waals surface area contributed by atoms with Crippen molar-refractivity contribution >= 4 is 21.6 Å². The zero-order valence-corrected chi connectivity index (χ0v) is 16.9. The van der Waals surface area contributed by atoms with Gasteiger partial charge in [0.05, 0.1) is 11.4 Å². The van der Waals surface area contributed by atoms with Crippen LogP contribution in [0.25, 0.3) is 0 Å². The summed E-state index contributed by atoms with van der Waals surface area (Å²) in [5.74, 6) is 1.03. The van der Waals surface area contributed by atoms with Gasteiger partial charge in [0.2, 0.25) is 14.9 Å². The van der Waals surface area contributed by atoms with E-state index in [2.05, 4.69) is 4.98 Å². The first-order chi connectivity index (χ1) is 14.4. The van der Waals surface area contributed by atoms with E-state index >= 15 is 0 Å². The van der Waals surface area contributed by atoms with Crippen LogP contribution in [0, 0.1) is 6.92 Å². The van der Waals surface area contributed by atoms with E-state index in [4.69, 9.17) is 8.83 Å². The first kappa shape index (κ1) is 19.7. The molecule has 0 aliphatic heterocycles. The summed E-state index contributed by atoms with van der Waals surface area (Å²) >= 11 is 0. The Kier molecular flexibility index (Phi) is 5.24. The number of benzene rings is 1. The van der Waals surface area contributed by atoms with Crippen LogP contribution in [0.1, 0.15) is 22.1 Å². The van der Waals surface area contributed by atoms with Gasteiger partial charge < -0.3 is 8.83 Å². The minimum absolute atomic E-state index is 0.0889. The molecule has 0 spiro atoms. The van der Waals surface area contributed by atoms with E-state index in [1.165, 1.54) is 29.2 Å². The van der Waals surface area contributed by atoms with Gasteiger partial charge in [0.15, 0.2) is 5.76 Å². The van der Waals surface area contributed by atoms with Crippen molar-refractivity contribution in [2.24, 2.45) is 0 Å². The summed E-state index contributed by atoms with van der Waals surface area (Å²) in [5.41, 5.74) is 0. The first-order valence-corrected chi connectivity index (χ1v) is 10.6. The van der Waals surface area contributed by atoms with E-state index in [-0.39, 0.29) is 22.3 Å². The van der Waals surface area contributed by atoms with E-state index in [0.717, 1.165) is 0 Å². The average molecular weight is 422 g/mol. The Morgan fingerprint density at radius 2 is 1.70 bits per heavy atom. The third-order valence-corrected chi connectivity index (χ3v) is 6.03. The number of aryl methyl sites for hydroxylation is 1. The highest BCUT2D eigenvalue weighted by molar-refractivity contribution is 7.91. The van der Waals surface area contributed by atoms with Crippen LogP contribution in [0.3, 0.4) is 0 Å². The van der Waals surface area contributed by atoms with Crippen molar-refractivity contribution in [3.8, 4) is 0 Å². The molecule has 0 radical (unpaired) electrons. The molecule has 0 fully saturated rings. The molecule has 7 nitrogen and oxygen atoms in total. The first-order valence-electron chi connectivity index (χ1n) is 9.13. The number of carbonyl (C=O) groups is 1. The van der Waals surface area contributed by atoms with Crippen molar-refractivity contribution in [3.05, 3.63) is 96.3 Å². The molecular formula is C22H18N2O5S. The predicted octanol–water partition coefficient (Wildman–Crippen LogP) is 4.26. The summed E-state index contributed by atoms with van der Waals surface area (Å²) in [4.78, 5) is 18.9. The molecule has 0 aliphatic carbocycles. The lowest BCUT2D eigenvalue weighted by Crippen LogP contribution is -2.30. The van der Waals surface area contributed by atoms with E-state index < -0.39 is 15.7 Å². The maximum Gasteiger partial charge on any atom is 0.295 e. The summed E-state index contributed by atoms with van der Waals surface area (Å²) in [5, 5.41) is -0.299. The molecule has 0 atom stereocenters. The molecule has 8 heteroatoms. The molecule has 3 heterocycles. The number of sulfone groups is 1. The normalized spacial score (nSPS) is 11.4. The van der Waals surface area contributed by atoms with Gasteiger partial charge in [-0.1, -0.05) is 24.3 Å². The van der Waals surface area contributed by atoms with Crippen LogP contribution < -0.4 is 4.90 Å². The van der Waals surface area contributed by atoms with Crippen LogP contribution >= 0.6 is 0 Å². The van der Waals surface area contributed by atoms with Gasteiger partial charge in [-0.15, -0.1) is 0 Å². The minimum Gasteiger partial charge on any atom is -0.464 e. The second-order valence-electron chi connectivity index (χ2n) is 6.53.